The second kappa shape index (κ2) is 7.78. The molecular weight excluding hydrogens is 358 g/mol. The molecule has 28 heavy (non-hydrogen) atoms. The summed E-state index contributed by atoms with van der Waals surface area (Å²) >= 11 is 0. The van der Waals surface area contributed by atoms with Crippen LogP contribution in [0, 0.1) is 23.2 Å². The maximum Gasteiger partial charge on any atom is 0.335 e. The van der Waals surface area contributed by atoms with Crippen LogP contribution in [0.1, 0.15) is 42.5 Å². The van der Waals surface area contributed by atoms with Crippen molar-refractivity contribution in [2.45, 2.75) is 50.4 Å². The Morgan fingerprint density at radius 2 is 1.93 bits per heavy atom. The van der Waals surface area contributed by atoms with E-state index in [0.717, 1.165) is 37.8 Å². The van der Waals surface area contributed by atoms with Gasteiger partial charge in [0.2, 0.25) is 5.91 Å². The number of nitriles is 1. The van der Waals surface area contributed by atoms with E-state index in [9.17, 15) is 14.9 Å². The van der Waals surface area contributed by atoms with E-state index >= 15 is 0 Å². The van der Waals surface area contributed by atoms with Gasteiger partial charge in [0.15, 0.2) is 0 Å². The van der Waals surface area contributed by atoms with Crippen molar-refractivity contribution in [2.75, 3.05) is 11.9 Å². The zero-order chi connectivity index (χ0) is 19.7. The van der Waals surface area contributed by atoms with E-state index in [1.54, 1.807) is 24.3 Å². The third-order valence-corrected chi connectivity index (χ3v) is 6.17. The molecule has 1 amide bonds. The Balaban J connectivity index is 1.56. The van der Waals surface area contributed by atoms with Crippen LogP contribution >= 0.6 is 0 Å². The number of anilines is 1. The summed E-state index contributed by atoms with van der Waals surface area (Å²) in [6, 6.07) is 9.12. The highest BCUT2D eigenvalue weighted by Crippen LogP contribution is 2.36. The zero-order valence-electron chi connectivity index (χ0n) is 15.6. The number of carbonyl (C=O) groups is 2. The van der Waals surface area contributed by atoms with Gasteiger partial charge >= 0.3 is 5.97 Å². The number of benzene rings is 1. The van der Waals surface area contributed by atoms with E-state index in [0.29, 0.717) is 6.54 Å². The molecule has 1 aliphatic carbocycles. The standard InChI is InChI=1S/C20H25N5O3/c21-11-13-3-1-2-4-15(13)25-16-9-10-22-19(26)17(16)18(24-25)23-14-7-5-12(6-8-14)20(27)28/h5-8,13,15-18,23-24H,1-4,9-10H2,(H,22,26)(H,27,28)/t13-,15+,16?,17?,18?/m1/s1. The topological polar surface area (TPSA) is 117 Å². The largest absolute Gasteiger partial charge is 0.478 e. The maximum absolute atomic E-state index is 12.6. The Morgan fingerprint density at radius 3 is 2.64 bits per heavy atom. The van der Waals surface area contributed by atoms with Gasteiger partial charge in [-0.2, -0.15) is 5.26 Å². The number of hydrogen-bond donors (Lipinski definition) is 4. The highest BCUT2D eigenvalue weighted by atomic mass is 16.4. The molecule has 148 valence electrons. The van der Waals surface area contributed by atoms with Crippen molar-refractivity contribution in [1.82, 2.24) is 15.8 Å². The maximum atomic E-state index is 12.6. The first kappa shape index (κ1) is 18.7. The summed E-state index contributed by atoms with van der Waals surface area (Å²) in [6.45, 7) is 0.641. The van der Waals surface area contributed by atoms with Crippen LogP contribution in [0.5, 0.6) is 0 Å². The lowest BCUT2D eigenvalue weighted by molar-refractivity contribution is -0.128. The minimum Gasteiger partial charge on any atom is -0.478 e. The van der Waals surface area contributed by atoms with Crippen molar-refractivity contribution in [3.05, 3.63) is 29.8 Å². The molecule has 4 rings (SSSR count). The first-order valence-electron chi connectivity index (χ1n) is 9.90. The molecule has 2 heterocycles. The van der Waals surface area contributed by atoms with Crippen molar-refractivity contribution in [3.8, 4) is 6.07 Å². The molecule has 3 unspecified atom stereocenters. The van der Waals surface area contributed by atoms with Gasteiger partial charge in [0, 0.05) is 24.3 Å². The number of carbonyl (C=O) groups excluding carboxylic acids is 1. The summed E-state index contributed by atoms with van der Waals surface area (Å²) < 4.78 is 0. The smallest absolute Gasteiger partial charge is 0.335 e. The van der Waals surface area contributed by atoms with Gasteiger partial charge in [0.25, 0.3) is 0 Å². The summed E-state index contributed by atoms with van der Waals surface area (Å²) in [5.41, 5.74) is 4.45. The van der Waals surface area contributed by atoms with Crippen LogP contribution in [-0.2, 0) is 4.79 Å². The van der Waals surface area contributed by atoms with Gasteiger partial charge in [-0.25, -0.2) is 15.2 Å². The van der Waals surface area contributed by atoms with Crippen molar-refractivity contribution in [3.63, 3.8) is 0 Å². The fourth-order valence-corrected chi connectivity index (χ4v) is 4.78. The number of nitrogens with one attached hydrogen (secondary N) is 3. The first-order valence-corrected chi connectivity index (χ1v) is 9.90. The third kappa shape index (κ3) is 3.43. The minimum atomic E-state index is -0.969. The monoisotopic (exact) mass is 383 g/mol. The van der Waals surface area contributed by atoms with E-state index in [1.807, 2.05) is 0 Å². The molecule has 1 saturated carbocycles. The predicted octanol–water partition coefficient (Wildman–Crippen LogP) is 1.53. The molecule has 0 aromatic heterocycles. The van der Waals surface area contributed by atoms with E-state index in [-0.39, 0.29) is 41.6 Å². The molecule has 8 heteroatoms. The van der Waals surface area contributed by atoms with E-state index in [1.165, 1.54) is 0 Å². The van der Waals surface area contributed by atoms with Crippen LogP contribution in [-0.4, -0.2) is 46.8 Å². The fourth-order valence-electron chi connectivity index (χ4n) is 4.78. The molecular formula is C20H25N5O3. The van der Waals surface area contributed by atoms with Crippen molar-refractivity contribution in [2.24, 2.45) is 11.8 Å². The lowest BCUT2D eigenvalue weighted by Gasteiger charge is -2.39. The first-order chi connectivity index (χ1) is 13.6. The van der Waals surface area contributed by atoms with Crippen LogP contribution < -0.4 is 16.1 Å². The summed E-state index contributed by atoms with van der Waals surface area (Å²) in [7, 11) is 0. The second-order valence-corrected chi connectivity index (χ2v) is 7.80. The average molecular weight is 383 g/mol. The van der Waals surface area contributed by atoms with Crippen molar-refractivity contribution >= 4 is 17.6 Å². The van der Waals surface area contributed by atoms with Gasteiger partial charge in [0.1, 0.15) is 6.17 Å². The number of amides is 1. The lowest BCUT2D eigenvalue weighted by atomic mass is 9.83. The molecule has 0 spiro atoms. The molecule has 4 N–H and O–H groups in total. The Labute approximate surface area is 163 Å². The number of piperidine rings is 1. The molecule has 2 aliphatic heterocycles. The summed E-state index contributed by atoms with van der Waals surface area (Å²) in [5.74, 6) is -1.26. The number of fused-ring (bicyclic) bond motifs is 1. The normalized spacial score (nSPS) is 32.8. The van der Waals surface area contributed by atoms with E-state index in [4.69, 9.17) is 5.11 Å². The Hall–Kier alpha value is -2.63. The molecule has 8 nitrogen and oxygen atoms in total. The van der Waals surface area contributed by atoms with Gasteiger partial charge in [0.05, 0.1) is 23.5 Å². The molecule has 0 bridgehead atoms. The van der Waals surface area contributed by atoms with Crippen LogP contribution in [0.2, 0.25) is 0 Å². The molecule has 1 aromatic carbocycles. The number of hydrogen-bond acceptors (Lipinski definition) is 6. The number of rotatable bonds is 4. The Bertz CT molecular complexity index is 790. The van der Waals surface area contributed by atoms with Crippen LogP contribution in [0.4, 0.5) is 5.69 Å². The Kier molecular flexibility index (Phi) is 5.20. The molecule has 3 fully saturated rings. The predicted molar refractivity (Wildman–Crippen MR) is 102 cm³/mol. The second-order valence-electron chi connectivity index (χ2n) is 7.80. The quantitative estimate of drug-likeness (QED) is 0.623. The fraction of sp³-hybridized carbons (Fsp3) is 0.550. The number of carboxylic acids is 1. The minimum absolute atomic E-state index is 0.00947. The number of nitrogens with zero attached hydrogens (tertiary/aromatic N) is 2. The van der Waals surface area contributed by atoms with Gasteiger partial charge < -0.3 is 15.7 Å². The number of hydrazine groups is 1. The van der Waals surface area contributed by atoms with Crippen LogP contribution in [0.15, 0.2) is 24.3 Å². The van der Waals surface area contributed by atoms with E-state index < -0.39 is 5.97 Å². The van der Waals surface area contributed by atoms with Gasteiger partial charge in [-0.1, -0.05) is 12.8 Å². The summed E-state index contributed by atoms with van der Waals surface area (Å²) in [4.78, 5) is 23.7. The van der Waals surface area contributed by atoms with Crippen LogP contribution in [0.3, 0.4) is 0 Å². The molecule has 2 saturated heterocycles. The summed E-state index contributed by atoms with van der Waals surface area (Å²) in [5, 5.41) is 27.1. The molecule has 1 aromatic rings. The number of carboxylic acid groups (broad SMARTS) is 1. The molecule has 3 aliphatic rings. The van der Waals surface area contributed by atoms with E-state index in [2.05, 4.69) is 27.1 Å². The van der Waals surface area contributed by atoms with Crippen LogP contribution in [0.25, 0.3) is 0 Å². The summed E-state index contributed by atoms with van der Waals surface area (Å²) in [6.07, 6.45) is 4.57. The lowest BCUT2D eigenvalue weighted by Crippen LogP contribution is -2.54. The average Bonchev–Trinajstić information content (AvgIpc) is 3.08. The molecule has 0 radical (unpaired) electrons. The van der Waals surface area contributed by atoms with Crippen molar-refractivity contribution in [1.29, 1.82) is 5.26 Å². The van der Waals surface area contributed by atoms with Crippen molar-refractivity contribution < 1.29 is 14.7 Å². The molecule has 5 atom stereocenters. The van der Waals surface area contributed by atoms with Gasteiger partial charge in [-0.3, -0.25) is 4.79 Å². The number of aromatic carboxylic acids is 1. The third-order valence-electron chi connectivity index (χ3n) is 6.17. The SMILES string of the molecule is N#C[C@H]1CCCC[C@@H]1N1NC(Nc2ccc(C(=O)O)cc2)C2C(=O)NCCC21. The van der Waals surface area contributed by atoms with Gasteiger partial charge in [-0.05, 0) is 43.5 Å². The van der Waals surface area contributed by atoms with Gasteiger partial charge in [-0.15, -0.1) is 0 Å². The Morgan fingerprint density at radius 1 is 1.18 bits per heavy atom. The zero-order valence-corrected chi connectivity index (χ0v) is 15.6. The highest BCUT2D eigenvalue weighted by Gasteiger charge is 2.51. The highest BCUT2D eigenvalue weighted by molar-refractivity contribution is 5.88.